The smallest absolute Gasteiger partial charge is 0.0551 e. The van der Waals surface area contributed by atoms with E-state index in [1.807, 2.05) is 36.4 Å². The Labute approximate surface area is 138 Å². The monoisotopic (exact) mass is 455 g/mol. The van der Waals surface area contributed by atoms with E-state index in [2.05, 4.69) is 43.8 Å². The molecule has 0 amide bonds. The van der Waals surface area contributed by atoms with Gasteiger partial charge in [0.25, 0.3) is 0 Å². The lowest BCUT2D eigenvalue weighted by atomic mass is 10.2. The highest BCUT2D eigenvalue weighted by molar-refractivity contribution is 14.1. The van der Waals surface area contributed by atoms with Crippen molar-refractivity contribution >= 4 is 67.4 Å². The van der Waals surface area contributed by atoms with Crippen molar-refractivity contribution in [3.05, 3.63) is 60.0 Å². The second-order valence-electron chi connectivity index (χ2n) is 3.73. The highest BCUT2D eigenvalue weighted by Crippen LogP contribution is 2.25. The van der Waals surface area contributed by atoms with Gasteiger partial charge in [-0.15, -0.1) is 0 Å². The van der Waals surface area contributed by atoms with Gasteiger partial charge in [0, 0.05) is 25.3 Å². The van der Waals surface area contributed by atoms with Crippen molar-refractivity contribution in [3.63, 3.8) is 0 Å². The predicted octanol–water partition coefficient (Wildman–Crippen LogP) is 5.97. The first kappa shape index (κ1) is 14.4. The van der Waals surface area contributed by atoms with Crippen molar-refractivity contribution in [3.8, 4) is 0 Å². The summed E-state index contributed by atoms with van der Waals surface area (Å²) in [5.41, 5.74) is 2.20. The van der Waals surface area contributed by atoms with E-state index < -0.39 is 0 Å². The Morgan fingerprint density at radius 3 is 2.56 bits per heavy atom. The quantitative estimate of drug-likeness (QED) is 0.561. The molecule has 2 aromatic rings. The fourth-order valence-corrected chi connectivity index (χ4v) is 2.99. The van der Waals surface area contributed by atoms with Gasteiger partial charge in [0.15, 0.2) is 0 Å². The zero-order valence-corrected chi connectivity index (χ0v) is 14.4. The summed E-state index contributed by atoms with van der Waals surface area (Å²) < 4.78 is 2.01. The van der Waals surface area contributed by atoms with Gasteiger partial charge < -0.3 is 5.32 Å². The number of rotatable bonds is 3. The first-order valence-corrected chi connectivity index (χ1v) is 7.82. The molecule has 2 aromatic carbocycles. The Hall–Kier alpha value is 0.0300. The second kappa shape index (κ2) is 6.46. The largest absolute Gasteiger partial charge is 0.380 e. The van der Waals surface area contributed by atoms with Crippen LogP contribution in [0.2, 0.25) is 10.0 Å². The molecule has 0 bridgehead atoms. The summed E-state index contributed by atoms with van der Waals surface area (Å²) in [6.45, 7) is 0.727. The molecule has 0 aliphatic carbocycles. The van der Waals surface area contributed by atoms with Gasteiger partial charge in [0.1, 0.15) is 0 Å². The molecule has 0 aliphatic rings. The van der Waals surface area contributed by atoms with Gasteiger partial charge in [0.2, 0.25) is 0 Å². The normalized spacial score (nSPS) is 10.4. The molecule has 0 atom stereocenters. The molecule has 1 nitrogen and oxygen atoms in total. The summed E-state index contributed by atoms with van der Waals surface area (Å²) in [7, 11) is 0. The fourth-order valence-electron chi connectivity index (χ4n) is 1.48. The minimum atomic E-state index is 0.722. The highest BCUT2D eigenvalue weighted by atomic mass is 127. The molecule has 0 spiro atoms. The van der Waals surface area contributed by atoms with E-state index >= 15 is 0 Å². The van der Waals surface area contributed by atoms with Crippen molar-refractivity contribution in [1.82, 2.24) is 0 Å². The van der Waals surface area contributed by atoms with E-state index in [0.29, 0.717) is 0 Å². The van der Waals surface area contributed by atoms with Gasteiger partial charge in [-0.25, -0.2) is 0 Å². The molecule has 0 aliphatic heterocycles. The molecule has 0 saturated heterocycles. The van der Waals surface area contributed by atoms with E-state index in [9.17, 15) is 0 Å². The zero-order chi connectivity index (χ0) is 13.1. The van der Waals surface area contributed by atoms with E-state index in [1.165, 1.54) is 0 Å². The van der Waals surface area contributed by atoms with Crippen LogP contribution in [0.1, 0.15) is 5.56 Å². The highest BCUT2D eigenvalue weighted by Gasteiger charge is 2.02. The Kier molecular flexibility index (Phi) is 5.18. The summed E-state index contributed by atoms with van der Waals surface area (Å²) >= 11 is 17.6. The molecule has 94 valence electrons. The molecule has 18 heavy (non-hydrogen) atoms. The van der Waals surface area contributed by atoms with Crippen LogP contribution in [-0.2, 0) is 6.54 Å². The lowest BCUT2D eigenvalue weighted by molar-refractivity contribution is 1.14. The van der Waals surface area contributed by atoms with Crippen LogP contribution in [0.15, 0.2) is 40.9 Å². The maximum Gasteiger partial charge on any atom is 0.0551 e. The summed E-state index contributed by atoms with van der Waals surface area (Å²) in [5, 5.41) is 4.83. The topological polar surface area (TPSA) is 12.0 Å². The average Bonchev–Trinajstić information content (AvgIpc) is 2.32. The van der Waals surface area contributed by atoms with Crippen LogP contribution >= 0.6 is 61.7 Å². The molecule has 0 unspecified atom stereocenters. The van der Waals surface area contributed by atoms with Crippen LogP contribution in [0.25, 0.3) is 0 Å². The number of hydrogen-bond acceptors (Lipinski definition) is 1. The standard InChI is InChI=1S/C13H9BrCl2IN/c14-10-3-1-8(5-11(10)16)7-18-13-4-2-9(15)6-12(13)17/h1-6,18H,7H2. The summed E-state index contributed by atoms with van der Waals surface area (Å²) in [4.78, 5) is 0. The van der Waals surface area contributed by atoms with E-state index in [0.717, 1.165) is 35.9 Å². The summed E-state index contributed by atoms with van der Waals surface area (Å²) in [6.07, 6.45) is 0. The Morgan fingerprint density at radius 1 is 1.11 bits per heavy atom. The van der Waals surface area contributed by atoms with Crippen LogP contribution < -0.4 is 5.32 Å². The van der Waals surface area contributed by atoms with Gasteiger partial charge in [-0.1, -0.05) is 29.3 Å². The lowest BCUT2D eigenvalue weighted by Gasteiger charge is -2.09. The summed E-state index contributed by atoms with van der Waals surface area (Å²) in [5.74, 6) is 0. The Bertz CT molecular complexity index is 575. The van der Waals surface area contributed by atoms with Crippen molar-refractivity contribution in [2.45, 2.75) is 6.54 Å². The third-order valence-corrected chi connectivity index (χ3v) is 4.76. The minimum absolute atomic E-state index is 0.722. The van der Waals surface area contributed by atoms with Gasteiger partial charge >= 0.3 is 0 Å². The van der Waals surface area contributed by atoms with E-state index in [-0.39, 0.29) is 0 Å². The van der Waals surface area contributed by atoms with E-state index in [1.54, 1.807) is 0 Å². The molecule has 1 N–H and O–H groups in total. The van der Waals surface area contributed by atoms with Crippen LogP contribution in [-0.4, -0.2) is 0 Å². The molecular weight excluding hydrogens is 448 g/mol. The molecule has 0 aromatic heterocycles. The second-order valence-corrected chi connectivity index (χ2v) is 6.59. The molecule has 0 radical (unpaired) electrons. The van der Waals surface area contributed by atoms with Crippen molar-refractivity contribution in [2.75, 3.05) is 5.32 Å². The third-order valence-electron chi connectivity index (χ3n) is 2.40. The van der Waals surface area contributed by atoms with Crippen LogP contribution in [0.5, 0.6) is 0 Å². The number of nitrogens with one attached hydrogen (secondary N) is 1. The van der Waals surface area contributed by atoms with Crippen LogP contribution in [0.3, 0.4) is 0 Å². The maximum absolute atomic E-state index is 6.05. The van der Waals surface area contributed by atoms with Crippen molar-refractivity contribution in [1.29, 1.82) is 0 Å². The molecule has 5 heteroatoms. The zero-order valence-electron chi connectivity index (χ0n) is 9.18. The number of hydrogen-bond donors (Lipinski definition) is 1. The Balaban J connectivity index is 2.09. The van der Waals surface area contributed by atoms with E-state index in [4.69, 9.17) is 23.2 Å². The first-order valence-electron chi connectivity index (χ1n) is 5.19. The molecule has 2 rings (SSSR count). The van der Waals surface area contributed by atoms with Gasteiger partial charge in [-0.2, -0.15) is 0 Å². The van der Waals surface area contributed by atoms with Gasteiger partial charge in [-0.3, -0.25) is 0 Å². The summed E-state index contributed by atoms with van der Waals surface area (Å²) in [6, 6.07) is 11.7. The molecule has 0 saturated carbocycles. The number of benzene rings is 2. The van der Waals surface area contributed by atoms with Crippen LogP contribution in [0, 0.1) is 3.57 Å². The van der Waals surface area contributed by atoms with Crippen LogP contribution in [0.4, 0.5) is 5.69 Å². The Morgan fingerprint density at radius 2 is 1.89 bits per heavy atom. The average molecular weight is 457 g/mol. The minimum Gasteiger partial charge on any atom is -0.380 e. The molecule has 0 heterocycles. The van der Waals surface area contributed by atoms with Crippen molar-refractivity contribution < 1.29 is 0 Å². The molecule has 0 fully saturated rings. The lowest BCUT2D eigenvalue weighted by Crippen LogP contribution is -2.00. The number of anilines is 1. The maximum atomic E-state index is 6.05. The first-order chi connectivity index (χ1) is 8.56. The fraction of sp³-hybridized carbons (Fsp3) is 0.0769. The van der Waals surface area contributed by atoms with Crippen molar-refractivity contribution in [2.24, 2.45) is 0 Å². The van der Waals surface area contributed by atoms with Gasteiger partial charge in [-0.05, 0) is 74.4 Å². The number of halogens is 4. The molecular formula is C13H9BrCl2IN. The third kappa shape index (κ3) is 3.76. The predicted molar refractivity (Wildman–Crippen MR) is 90.6 cm³/mol. The SMILES string of the molecule is Clc1ccc(NCc2ccc(Br)c(Cl)c2)c(I)c1. The van der Waals surface area contributed by atoms with Gasteiger partial charge in [0.05, 0.1) is 5.02 Å².